The number of nitro groups is 1. The molecule has 0 radical (unpaired) electrons. The van der Waals surface area contributed by atoms with Gasteiger partial charge in [0.15, 0.2) is 0 Å². The number of aryl methyl sites for hydroxylation is 1. The number of thiazole rings is 1. The molecule has 0 unspecified atom stereocenters. The van der Waals surface area contributed by atoms with Crippen molar-refractivity contribution in [3.05, 3.63) is 62.6 Å². The van der Waals surface area contributed by atoms with E-state index in [4.69, 9.17) is 4.74 Å². The molecule has 1 heterocycles. The molecule has 0 saturated heterocycles. The van der Waals surface area contributed by atoms with E-state index in [1.807, 2.05) is 43.3 Å². The number of nitrogens with zero attached hydrogens (tertiary/aromatic N) is 2. The topological polar surface area (TPSA) is 65.3 Å². The average molecular weight is 340 g/mol. The zero-order valence-corrected chi connectivity index (χ0v) is 14.2. The lowest BCUT2D eigenvalue weighted by molar-refractivity contribution is -0.385. The Hall–Kier alpha value is -2.73. The van der Waals surface area contributed by atoms with Crippen LogP contribution >= 0.6 is 11.3 Å². The molecule has 6 heteroatoms. The van der Waals surface area contributed by atoms with E-state index in [1.165, 1.54) is 0 Å². The van der Waals surface area contributed by atoms with E-state index in [-0.39, 0.29) is 10.6 Å². The second-order valence-electron chi connectivity index (χ2n) is 5.22. The normalized spacial score (nSPS) is 11.2. The lowest BCUT2D eigenvalue weighted by Gasteiger charge is -2.00. The third-order valence-electron chi connectivity index (χ3n) is 3.72. The average Bonchev–Trinajstić information content (AvgIpc) is 3.01. The molecule has 2 aromatic carbocycles. The molecule has 0 atom stereocenters. The van der Waals surface area contributed by atoms with Gasteiger partial charge in [0.25, 0.3) is 5.69 Å². The number of benzene rings is 2. The van der Waals surface area contributed by atoms with Crippen molar-refractivity contribution in [3.8, 4) is 5.75 Å². The molecule has 0 fully saturated rings. The molecule has 0 aliphatic rings. The van der Waals surface area contributed by atoms with E-state index in [1.54, 1.807) is 30.6 Å². The number of aromatic nitrogens is 1. The molecule has 3 aromatic rings. The summed E-state index contributed by atoms with van der Waals surface area (Å²) in [5, 5.41) is 12.0. The fourth-order valence-corrected chi connectivity index (χ4v) is 3.34. The second kappa shape index (κ2) is 6.80. The van der Waals surface area contributed by atoms with Crippen LogP contribution in [0.15, 0.2) is 36.4 Å². The van der Waals surface area contributed by atoms with Gasteiger partial charge in [0.05, 0.1) is 22.2 Å². The van der Waals surface area contributed by atoms with Gasteiger partial charge in [-0.3, -0.25) is 10.1 Å². The van der Waals surface area contributed by atoms with Crippen LogP contribution in [0.2, 0.25) is 0 Å². The summed E-state index contributed by atoms with van der Waals surface area (Å²) in [4.78, 5) is 15.3. The van der Waals surface area contributed by atoms with E-state index in [0.29, 0.717) is 6.42 Å². The molecular formula is C18H16N2O3S. The summed E-state index contributed by atoms with van der Waals surface area (Å²) in [5.41, 5.74) is 2.60. The molecule has 1 aromatic heterocycles. The highest BCUT2D eigenvalue weighted by atomic mass is 32.1. The van der Waals surface area contributed by atoms with Gasteiger partial charge in [0, 0.05) is 11.6 Å². The Balaban J connectivity index is 1.90. The maximum Gasteiger partial charge on any atom is 0.273 e. The molecule has 0 aliphatic heterocycles. The van der Waals surface area contributed by atoms with Gasteiger partial charge in [-0.15, -0.1) is 11.3 Å². The lowest BCUT2D eigenvalue weighted by Crippen LogP contribution is -1.94. The zero-order valence-electron chi connectivity index (χ0n) is 13.4. The first kappa shape index (κ1) is 16.1. The Labute approximate surface area is 143 Å². The zero-order chi connectivity index (χ0) is 17.1. The highest BCUT2D eigenvalue weighted by Gasteiger charge is 2.12. The number of nitro benzene ring substituents is 1. The molecule has 0 bridgehead atoms. The van der Waals surface area contributed by atoms with Crippen LogP contribution in [0.1, 0.15) is 23.1 Å². The van der Waals surface area contributed by atoms with Gasteiger partial charge in [-0.05, 0) is 36.3 Å². The van der Waals surface area contributed by atoms with Gasteiger partial charge in [-0.25, -0.2) is 4.98 Å². The van der Waals surface area contributed by atoms with Crippen molar-refractivity contribution in [2.45, 2.75) is 13.3 Å². The van der Waals surface area contributed by atoms with Gasteiger partial charge in [0.2, 0.25) is 0 Å². The van der Waals surface area contributed by atoms with E-state index in [2.05, 4.69) is 4.98 Å². The van der Waals surface area contributed by atoms with Gasteiger partial charge in [0.1, 0.15) is 10.8 Å². The summed E-state index contributed by atoms with van der Waals surface area (Å²) >= 11 is 1.55. The summed E-state index contributed by atoms with van der Waals surface area (Å²) in [6.45, 7) is 1.91. The smallest absolute Gasteiger partial charge is 0.273 e. The summed E-state index contributed by atoms with van der Waals surface area (Å²) in [7, 11) is 1.63. The van der Waals surface area contributed by atoms with E-state index in [0.717, 1.165) is 32.1 Å². The SMILES string of the molecule is CCc1ccc(C=Cc2nc3ccc(OC)cc3s2)cc1[N+](=O)[O-]. The monoisotopic (exact) mass is 340 g/mol. The van der Waals surface area contributed by atoms with Crippen LogP contribution < -0.4 is 4.74 Å². The first-order chi connectivity index (χ1) is 11.6. The van der Waals surface area contributed by atoms with Crippen LogP contribution in [0, 0.1) is 10.1 Å². The maximum absolute atomic E-state index is 11.1. The Morgan fingerprint density at radius 2 is 2.08 bits per heavy atom. The summed E-state index contributed by atoms with van der Waals surface area (Å²) < 4.78 is 6.26. The van der Waals surface area contributed by atoms with Crippen LogP contribution in [0.4, 0.5) is 5.69 Å². The van der Waals surface area contributed by atoms with Crippen molar-refractivity contribution in [3.63, 3.8) is 0 Å². The Morgan fingerprint density at radius 1 is 1.25 bits per heavy atom. The van der Waals surface area contributed by atoms with E-state index < -0.39 is 0 Å². The number of fused-ring (bicyclic) bond motifs is 1. The Morgan fingerprint density at radius 3 is 2.79 bits per heavy atom. The molecule has 0 N–H and O–H groups in total. The maximum atomic E-state index is 11.1. The minimum absolute atomic E-state index is 0.161. The lowest BCUT2D eigenvalue weighted by atomic mass is 10.1. The van der Waals surface area contributed by atoms with Gasteiger partial charge in [-0.1, -0.05) is 25.1 Å². The summed E-state index contributed by atoms with van der Waals surface area (Å²) in [5.74, 6) is 0.799. The predicted octanol–water partition coefficient (Wildman–Crippen LogP) is 4.95. The van der Waals surface area contributed by atoms with Crippen molar-refractivity contribution in [1.82, 2.24) is 4.98 Å². The van der Waals surface area contributed by atoms with Crippen molar-refractivity contribution < 1.29 is 9.66 Å². The molecule has 0 spiro atoms. The first-order valence-corrected chi connectivity index (χ1v) is 8.32. The largest absolute Gasteiger partial charge is 0.497 e. The second-order valence-corrected chi connectivity index (χ2v) is 6.28. The number of rotatable bonds is 5. The molecule has 122 valence electrons. The Bertz CT molecular complexity index is 931. The van der Waals surface area contributed by atoms with Crippen molar-refractivity contribution in [2.75, 3.05) is 7.11 Å². The number of ether oxygens (including phenoxy) is 1. The van der Waals surface area contributed by atoms with Crippen LogP contribution in [0.25, 0.3) is 22.4 Å². The molecule has 0 amide bonds. The first-order valence-electron chi connectivity index (χ1n) is 7.50. The minimum Gasteiger partial charge on any atom is -0.497 e. The van der Waals surface area contributed by atoms with Crippen molar-refractivity contribution in [2.24, 2.45) is 0 Å². The summed E-state index contributed by atoms with van der Waals surface area (Å²) in [6.07, 6.45) is 4.36. The van der Waals surface area contributed by atoms with Crippen LogP contribution in [0.3, 0.4) is 0 Å². The summed E-state index contributed by atoms with van der Waals surface area (Å²) in [6, 6.07) is 11.0. The third-order valence-corrected chi connectivity index (χ3v) is 4.70. The molecule has 3 rings (SSSR count). The van der Waals surface area contributed by atoms with Crippen molar-refractivity contribution >= 4 is 39.4 Å². The molecule has 5 nitrogen and oxygen atoms in total. The minimum atomic E-state index is -0.333. The highest BCUT2D eigenvalue weighted by Crippen LogP contribution is 2.28. The molecule has 24 heavy (non-hydrogen) atoms. The van der Waals surface area contributed by atoms with E-state index in [9.17, 15) is 10.1 Å². The predicted molar refractivity (Wildman–Crippen MR) is 97.6 cm³/mol. The van der Waals surface area contributed by atoms with Crippen molar-refractivity contribution in [1.29, 1.82) is 0 Å². The number of hydrogen-bond acceptors (Lipinski definition) is 5. The van der Waals surface area contributed by atoms with Crippen LogP contribution in [0.5, 0.6) is 5.75 Å². The quantitative estimate of drug-likeness (QED) is 0.487. The fraction of sp³-hybridized carbons (Fsp3) is 0.167. The van der Waals surface area contributed by atoms with Crippen LogP contribution in [-0.2, 0) is 6.42 Å². The molecule has 0 saturated carbocycles. The number of hydrogen-bond donors (Lipinski definition) is 0. The Kier molecular flexibility index (Phi) is 4.57. The highest BCUT2D eigenvalue weighted by molar-refractivity contribution is 7.19. The van der Waals surface area contributed by atoms with Gasteiger partial charge in [-0.2, -0.15) is 0 Å². The van der Waals surface area contributed by atoms with Gasteiger partial charge < -0.3 is 4.74 Å². The fourth-order valence-electron chi connectivity index (χ4n) is 2.44. The third kappa shape index (κ3) is 3.28. The molecule has 0 aliphatic carbocycles. The standard InChI is InChI=1S/C18H16N2O3S/c1-3-13-6-4-12(10-16(13)20(21)22)5-9-18-19-15-8-7-14(23-2)11-17(15)24-18/h4-11H,3H2,1-2H3. The van der Waals surface area contributed by atoms with E-state index >= 15 is 0 Å². The van der Waals surface area contributed by atoms with Gasteiger partial charge >= 0.3 is 0 Å². The van der Waals surface area contributed by atoms with Crippen LogP contribution in [-0.4, -0.2) is 17.0 Å². The molecular weight excluding hydrogens is 324 g/mol. The number of methoxy groups -OCH3 is 1.